The lowest BCUT2D eigenvalue weighted by molar-refractivity contribution is 0.0510. The van der Waals surface area contributed by atoms with Gasteiger partial charge >= 0.3 is 6.09 Å². The van der Waals surface area contributed by atoms with Crippen molar-refractivity contribution in [2.45, 2.75) is 25.2 Å². The number of hydrogen-bond acceptors (Lipinski definition) is 4. The van der Waals surface area contributed by atoms with Crippen molar-refractivity contribution in [1.82, 2.24) is 15.1 Å². The number of piperazine rings is 1. The fourth-order valence-corrected chi connectivity index (χ4v) is 4.02. The summed E-state index contributed by atoms with van der Waals surface area (Å²) in [4.78, 5) is 20.4. The number of carbonyl (C=O) groups excluding carboxylic acids is 1. The summed E-state index contributed by atoms with van der Waals surface area (Å²) in [6, 6.07) is 10.7. The number of aliphatic imine (C=N–C) groups is 1. The van der Waals surface area contributed by atoms with E-state index in [1.54, 1.807) is 4.90 Å². The van der Waals surface area contributed by atoms with Crippen molar-refractivity contribution in [3.8, 4) is 0 Å². The smallest absolute Gasteiger partial charge is 0.409 e. The number of hydrogen-bond donors (Lipinski definition) is 1. The van der Waals surface area contributed by atoms with Gasteiger partial charge in [-0.15, -0.1) is 0 Å². The molecule has 0 aliphatic carbocycles. The molecule has 1 N–H and O–H groups in total. The third-order valence-electron chi connectivity index (χ3n) is 5.74. The van der Waals surface area contributed by atoms with Gasteiger partial charge in [0.25, 0.3) is 0 Å². The fraction of sp³-hybridized carbons (Fsp3) is 0.619. The molecule has 1 aromatic rings. The van der Waals surface area contributed by atoms with E-state index in [4.69, 9.17) is 9.47 Å². The molecular weight excluding hydrogens is 356 g/mol. The predicted octanol–water partition coefficient (Wildman–Crippen LogP) is 2.08. The average Bonchev–Trinajstić information content (AvgIpc) is 2.76. The van der Waals surface area contributed by atoms with E-state index in [9.17, 15) is 4.79 Å². The summed E-state index contributed by atoms with van der Waals surface area (Å²) >= 11 is 0. The molecule has 3 rings (SSSR count). The molecule has 2 heterocycles. The molecule has 0 bridgehead atoms. The molecule has 2 aliphatic rings. The van der Waals surface area contributed by atoms with Crippen molar-refractivity contribution >= 4 is 12.1 Å². The molecule has 154 valence electrons. The summed E-state index contributed by atoms with van der Waals surface area (Å²) < 4.78 is 10.7. The van der Waals surface area contributed by atoms with E-state index in [-0.39, 0.29) is 11.5 Å². The normalized spacial score (nSPS) is 20.0. The molecule has 28 heavy (non-hydrogen) atoms. The molecule has 1 aromatic carbocycles. The molecule has 2 aliphatic heterocycles. The van der Waals surface area contributed by atoms with Crippen LogP contribution in [-0.2, 0) is 14.9 Å². The first-order valence-corrected chi connectivity index (χ1v) is 10.2. The second kappa shape index (κ2) is 9.78. The van der Waals surface area contributed by atoms with Crippen molar-refractivity contribution < 1.29 is 14.3 Å². The molecule has 0 aromatic heterocycles. The average molecular weight is 389 g/mol. The zero-order chi connectivity index (χ0) is 19.8. The van der Waals surface area contributed by atoms with E-state index in [0.29, 0.717) is 19.7 Å². The Balaban J connectivity index is 1.61. The summed E-state index contributed by atoms with van der Waals surface area (Å²) in [7, 11) is 1.82. The van der Waals surface area contributed by atoms with E-state index in [2.05, 4.69) is 45.5 Å². The molecular formula is C21H32N4O3. The first-order chi connectivity index (χ1) is 13.7. The number of rotatable bonds is 4. The van der Waals surface area contributed by atoms with Gasteiger partial charge in [-0.1, -0.05) is 30.3 Å². The Hall–Kier alpha value is -2.28. The van der Waals surface area contributed by atoms with Crippen LogP contribution in [0.1, 0.15) is 25.3 Å². The highest BCUT2D eigenvalue weighted by Gasteiger charge is 2.35. The van der Waals surface area contributed by atoms with Gasteiger partial charge in [0, 0.05) is 58.4 Å². The third-order valence-corrected chi connectivity index (χ3v) is 5.74. The van der Waals surface area contributed by atoms with Gasteiger partial charge < -0.3 is 24.6 Å². The maximum Gasteiger partial charge on any atom is 0.409 e. The molecule has 7 heteroatoms. The molecule has 2 saturated heterocycles. The van der Waals surface area contributed by atoms with Crippen LogP contribution in [0.5, 0.6) is 0 Å². The minimum atomic E-state index is -0.227. The van der Waals surface area contributed by atoms with E-state index >= 15 is 0 Å². The second-order valence-corrected chi connectivity index (χ2v) is 7.33. The lowest BCUT2D eigenvalue weighted by Gasteiger charge is -2.40. The lowest BCUT2D eigenvalue weighted by Crippen LogP contribution is -2.55. The second-order valence-electron chi connectivity index (χ2n) is 7.33. The van der Waals surface area contributed by atoms with Gasteiger partial charge in [-0.3, -0.25) is 4.99 Å². The van der Waals surface area contributed by atoms with Crippen LogP contribution in [-0.4, -0.2) is 81.4 Å². The van der Waals surface area contributed by atoms with Crippen LogP contribution in [0.3, 0.4) is 0 Å². The number of carbonyl (C=O) groups is 1. The molecule has 0 spiro atoms. The number of nitrogens with one attached hydrogen (secondary N) is 1. The summed E-state index contributed by atoms with van der Waals surface area (Å²) in [5, 5.41) is 3.60. The van der Waals surface area contributed by atoms with E-state index in [1.165, 1.54) is 5.56 Å². The van der Waals surface area contributed by atoms with Gasteiger partial charge in [-0.25, -0.2) is 4.79 Å². The maximum atomic E-state index is 11.9. The quantitative estimate of drug-likeness (QED) is 0.632. The highest BCUT2D eigenvalue weighted by Crippen LogP contribution is 2.34. The number of guanidine groups is 1. The Labute approximate surface area is 167 Å². The van der Waals surface area contributed by atoms with Crippen molar-refractivity contribution in [3.05, 3.63) is 35.9 Å². The zero-order valence-electron chi connectivity index (χ0n) is 17.0. The topological polar surface area (TPSA) is 66.4 Å². The first-order valence-electron chi connectivity index (χ1n) is 10.2. The van der Waals surface area contributed by atoms with Gasteiger partial charge in [-0.2, -0.15) is 0 Å². The standard InChI is InChI=1S/C21H32N4O3/c1-3-28-20(26)25-13-11-24(12-14-25)19(22-2)23-17-21(9-15-27-16-10-21)18-7-5-4-6-8-18/h4-8H,3,9-17H2,1-2H3,(H,22,23). The molecule has 0 atom stereocenters. The van der Waals surface area contributed by atoms with Crippen LogP contribution in [0.15, 0.2) is 35.3 Å². The molecule has 2 fully saturated rings. The Morgan fingerprint density at radius 3 is 2.39 bits per heavy atom. The van der Waals surface area contributed by atoms with Crippen molar-refractivity contribution in [3.63, 3.8) is 0 Å². The largest absolute Gasteiger partial charge is 0.450 e. The minimum absolute atomic E-state index is 0.0577. The zero-order valence-corrected chi connectivity index (χ0v) is 17.0. The number of ether oxygens (including phenoxy) is 2. The van der Waals surface area contributed by atoms with E-state index in [0.717, 1.165) is 51.6 Å². The summed E-state index contributed by atoms with van der Waals surface area (Å²) in [5.74, 6) is 0.894. The van der Waals surface area contributed by atoms with Gasteiger partial charge in [0.05, 0.1) is 6.61 Å². The van der Waals surface area contributed by atoms with Crippen LogP contribution < -0.4 is 5.32 Å². The first kappa shape index (κ1) is 20.5. The van der Waals surface area contributed by atoms with Gasteiger partial charge in [0.2, 0.25) is 0 Å². The van der Waals surface area contributed by atoms with Crippen LogP contribution in [0.25, 0.3) is 0 Å². The summed E-state index contributed by atoms with van der Waals surface area (Å²) in [5.41, 5.74) is 1.41. The molecule has 0 unspecified atom stereocenters. The SMILES string of the molecule is CCOC(=O)N1CCN(C(=NC)NCC2(c3ccccc3)CCOCC2)CC1. The van der Waals surface area contributed by atoms with Crippen LogP contribution in [0.2, 0.25) is 0 Å². The lowest BCUT2D eigenvalue weighted by atomic mass is 9.74. The van der Waals surface area contributed by atoms with Crippen molar-refractivity contribution in [2.24, 2.45) is 4.99 Å². The van der Waals surface area contributed by atoms with Crippen molar-refractivity contribution in [1.29, 1.82) is 0 Å². The van der Waals surface area contributed by atoms with Crippen LogP contribution >= 0.6 is 0 Å². The Bertz CT molecular complexity index is 651. The number of amides is 1. The van der Waals surface area contributed by atoms with Gasteiger partial charge in [-0.05, 0) is 25.3 Å². The van der Waals surface area contributed by atoms with Crippen LogP contribution in [0, 0.1) is 0 Å². The minimum Gasteiger partial charge on any atom is -0.450 e. The van der Waals surface area contributed by atoms with Gasteiger partial charge in [0.1, 0.15) is 0 Å². The number of nitrogens with zero attached hydrogens (tertiary/aromatic N) is 3. The Morgan fingerprint density at radius 1 is 1.14 bits per heavy atom. The molecule has 1 amide bonds. The summed E-state index contributed by atoms with van der Waals surface area (Å²) in [6.45, 7) is 7.44. The highest BCUT2D eigenvalue weighted by atomic mass is 16.6. The van der Waals surface area contributed by atoms with Gasteiger partial charge in [0.15, 0.2) is 5.96 Å². The number of benzene rings is 1. The van der Waals surface area contributed by atoms with Crippen LogP contribution in [0.4, 0.5) is 4.79 Å². The predicted molar refractivity (Wildman–Crippen MR) is 110 cm³/mol. The third kappa shape index (κ3) is 4.76. The molecule has 0 saturated carbocycles. The Morgan fingerprint density at radius 2 is 1.79 bits per heavy atom. The van der Waals surface area contributed by atoms with E-state index in [1.807, 2.05) is 14.0 Å². The highest BCUT2D eigenvalue weighted by molar-refractivity contribution is 5.80. The monoisotopic (exact) mass is 388 g/mol. The Kier molecular flexibility index (Phi) is 7.14. The molecule has 0 radical (unpaired) electrons. The fourth-order valence-electron chi connectivity index (χ4n) is 4.02. The molecule has 7 nitrogen and oxygen atoms in total. The summed E-state index contributed by atoms with van der Waals surface area (Å²) in [6.07, 6.45) is 1.77. The maximum absolute atomic E-state index is 11.9. The van der Waals surface area contributed by atoms with E-state index < -0.39 is 0 Å². The van der Waals surface area contributed by atoms with Crippen molar-refractivity contribution in [2.75, 3.05) is 59.6 Å².